The molecule has 0 aliphatic rings. The molecule has 6 nitrogen and oxygen atoms in total. The normalized spacial score (nSPS) is 10.7. The van der Waals surface area contributed by atoms with Crippen LogP contribution in [-0.2, 0) is 46.1 Å². The first-order valence-corrected chi connectivity index (χ1v) is 19.0. The van der Waals surface area contributed by atoms with Crippen molar-refractivity contribution in [2.24, 2.45) is 0 Å². The molecule has 7 aromatic rings. The van der Waals surface area contributed by atoms with Gasteiger partial charge in [0.2, 0.25) is 0 Å². The minimum Gasteiger partial charge on any atom is -0.489 e. The van der Waals surface area contributed by atoms with Crippen molar-refractivity contribution in [3.8, 4) is 34.5 Å². The topological polar surface area (TPSA) is 55.4 Å². The summed E-state index contributed by atoms with van der Waals surface area (Å²) < 4.78 is 37.7. The largest absolute Gasteiger partial charge is 0.489 e. The average Bonchev–Trinajstić information content (AvgIpc) is 3.26. The van der Waals surface area contributed by atoms with Gasteiger partial charge < -0.3 is 28.4 Å². The lowest BCUT2D eigenvalue weighted by Gasteiger charge is -2.15. The van der Waals surface area contributed by atoms with Gasteiger partial charge in [-0.1, -0.05) is 128 Å². The molecule has 0 fully saturated rings. The fourth-order valence-electron chi connectivity index (χ4n) is 6.06. The lowest BCUT2D eigenvalue weighted by atomic mass is 10.1. The van der Waals surface area contributed by atoms with Gasteiger partial charge in [-0.05, 0) is 81.8 Å². The number of hydrogen-bond donors (Lipinski definition) is 0. The molecule has 7 aromatic carbocycles. The number of ether oxygens (including phenoxy) is 6. The first kappa shape index (κ1) is 37.6. The minimum atomic E-state index is 0.319. The zero-order chi connectivity index (χ0) is 38.2. The predicted octanol–water partition coefficient (Wildman–Crippen LogP) is 11.7. The van der Waals surface area contributed by atoms with E-state index in [1.165, 1.54) is 0 Å². The van der Waals surface area contributed by atoms with Gasteiger partial charge in [-0.2, -0.15) is 0 Å². The van der Waals surface area contributed by atoms with Crippen molar-refractivity contribution in [1.29, 1.82) is 0 Å². The van der Waals surface area contributed by atoms with Gasteiger partial charge in [-0.15, -0.1) is 0 Å². The molecule has 282 valence electrons. The maximum absolute atomic E-state index is 6.42. The molecule has 0 spiro atoms. The van der Waals surface area contributed by atoms with Crippen LogP contribution in [0.3, 0.4) is 0 Å². The third-order valence-electron chi connectivity index (χ3n) is 9.03. The summed E-state index contributed by atoms with van der Waals surface area (Å²) in [6, 6.07) is 58.4. The molecule has 6 heteroatoms. The van der Waals surface area contributed by atoms with Crippen molar-refractivity contribution in [2.75, 3.05) is 0 Å². The maximum Gasteiger partial charge on any atom is 0.123 e. The van der Waals surface area contributed by atoms with Gasteiger partial charge in [0.25, 0.3) is 0 Å². The Hall–Kier alpha value is -6.66. The highest BCUT2D eigenvalue weighted by Gasteiger charge is 2.10. The van der Waals surface area contributed by atoms with Crippen LogP contribution in [-0.4, -0.2) is 0 Å². The Bertz CT molecular complexity index is 1960. The van der Waals surface area contributed by atoms with Crippen molar-refractivity contribution in [1.82, 2.24) is 0 Å². The van der Waals surface area contributed by atoms with Crippen LogP contribution in [0.25, 0.3) is 0 Å². The summed E-state index contributed by atoms with van der Waals surface area (Å²) in [7, 11) is 0. The van der Waals surface area contributed by atoms with E-state index >= 15 is 0 Å². The zero-order valence-electron chi connectivity index (χ0n) is 31.6. The third kappa shape index (κ3) is 11.7. The summed E-state index contributed by atoms with van der Waals surface area (Å²) in [6.45, 7) is 4.56. The molecule has 0 N–H and O–H groups in total. The Morgan fingerprint density at radius 1 is 0.250 bits per heavy atom. The van der Waals surface area contributed by atoms with Gasteiger partial charge in [0.15, 0.2) is 0 Å². The molecule has 7 rings (SSSR count). The Kier molecular flexibility index (Phi) is 13.2. The fourth-order valence-corrected chi connectivity index (χ4v) is 6.06. The summed E-state index contributed by atoms with van der Waals surface area (Å²) in [6.07, 6.45) is 0.828. The molecule has 0 saturated carbocycles. The van der Waals surface area contributed by atoms with E-state index in [1.807, 2.05) is 115 Å². The summed E-state index contributed by atoms with van der Waals surface area (Å²) in [5.41, 5.74) is 7.33. The molecule has 0 heterocycles. The Morgan fingerprint density at radius 3 is 0.696 bits per heavy atom. The lowest BCUT2D eigenvalue weighted by Crippen LogP contribution is -2.03. The van der Waals surface area contributed by atoms with Gasteiger partial charge >= 0.3 is 0 Å². The van der Waals surface area contributed by atoms with Crippen molar-refractivity contribution < 1.29 is 28.4 Å². The number of aryl methyl sites for hydroxylation is 1. The summed E-state index contributed by atoms with van der Waals surface area (Å²) >= 11 is 0. The molecule has 0 amide bonds. The van der Waals surface area contributed by atoms with Crippen LogP contribution in [0.2, 0.25) is 0 Å². The Labute approximate surface area is 329 Å². The SMILES string of the molecule is CCc1cc(OCc2cc(OCc3ccccc3)cc(OCc3ccccc3)c2)cc(OCc2cc(OCc3ccccc3)cc(OCc3ccccc3)c2)c1. The van der Waals surface area contributed by atoms with Gasteiger partial charge in [-0.3, -0.25) is 0 Å². The van der Waals surface area contributed by atoms with Crippen LogP contribution >= 0.6 is 0 Å². The van der Waals surface area contributed by atoms with Gasteiger partial charge in [0.05, 0.1) is 0 Å². The quantitative estimate of drug-likeness (QED) is 0.0822. The number of rotatable bonds is 19. The second kappa shape index (κ2) is 19.6. The van der Waals surface area contributed by atoms with Crippen LogP contribution in [0, 0.1) is 0 Å². The Morgan fingerprint density at radius 2 is 0.464 bits per heavy atom. The molecule has 0 aliphatic carbocycles. The van der Waals surface area contributed by atoms with E-state index in [0.717, 1.165) is 45.4 Å². The molecule has 56 heavy (non-hydrogen) atoms. The molecule has 0 aliphatic heterocycles. The van der Waals surface area contributed by atoms with Crippen molar-refractivity contribution >= 4 is 0 Å². The highest BCUT2D eigenvalue weighted by atomic mass is 16.5. The minimum absolute atomic E-state index is 0.319. The average molecular weight is 743 g/mol. The third-order valence-corrected chi connectivity index (χ3v) is 9.03. The first-order chi connectivity index (χ1) is 27.6. The van der Waals surface area contributed by atoms with E-state index in [2.05, 4.69) is 67.6 Å². The van der Waals surface area contributed by atoms with Crippen LogP contribution in [0.1, 0.15) is 45.9 Å². The summed E-state index contributed by atoms with van der Waals surface area (Å²) in [4.78, 5) is 0. The predicted molar refractivity (Wildman–Crippen MR) is 220 cm³/mol. The van der Waals surface area contributed by atoms with Gasteiger partial charge in [-0.25, -0.2) is 0 Å². The molecular weight excluding hydrogens is 697 g/mol. The van der Waals surface area contributed by atoms with E-state index in [-0.39, 0.29) is 0 Å². The smallest absolute Gasteiger partial charge is 0.123 e. The first-order valence-electron chi connectivity index (χ1n) is 19.0. The Balaban J connectivity index is 1.04. The second-order valence-corrected chi connectivity index (χ2v) is 13.5. The molecule has 0 bridgehead atoms. The molecule has 0 atom stereocenters. The number of hydrogen-bond acceptors (Lipinski definition) is 6. The van der Waals surface area contributed by atoms with E-state index in [4.69, 9.17) is 28.4 Å². The van der Waals surface area contributed by atoms with Crippen LogP contribution in [0.5, 0.6) is 34.5 Å². The monoisotopic (exact) mass is 742 g/mol. The maximum atomic E-state index is 6.42. The van der Waals surface area contributed by atoms with Gasteiger partial charge in [0.1, 0.15) is 74.1 Å². The molecule has 0 saturated heterocycles. The zero-order valence-corrected chi connectivity index (χ0v) is 31.6. The van der Waals surface area contributed by atoms with Crippen molar-refractivity contribution in [2.45, 2.75) is 53.0 Å². The van der Waals surface area contributed by atoms with Crippen LogP contribution in [0.4, 0.5) is 0 Å². The summed E-state index contributed by atoms with van der Waals surface area (Å²) in [5, 5.41) is 0. The van der Waals surface area contributed by atoms with Crippen LogP contribution < -0.4 is 28.4 Å². The van der Waals surface area contributed by atoms with E-state index < -0.39 is 0 Å². The van der Waals surface area contributed by atoms with Crippen LogP contribution in [0.15, 0.2) is 176 Å². The standard InChI is InChI=1S/C50H46O6/c1-2-38-23-45(55-36-43-25-47(51-32-39-15-7-3-8-16-39)30-48(26-43)52-33-40-17-9-4-10-18-40)29-46(24-38)56-37-44-27-49(53-34-41-19-11-5-12-20-41)31-50(28-44)54-35-42-21-13-6-14-22-42/h3-31H,2,32-37H2,1H3. The fraction of sp³-hybridized carbons (Fsp3) is 0.160. The number of benzene rings is 7. The molecule has 0 aromatic heterocycles. The van der Waals surface area contributed by atoms with E-state index in [1.54, 1.807) is 0 Å². The van der Waals surface area contributed by atoms with E-state index in [9.17, 15) is 0 Å². The lowest BCUT2D eigenvalue weighted by molar-refractivity contribution is 0.276. The molecule has 0 unspecified atom stereocenters. The van der Waals surface area contributed by atoms with Gasteiger partial charge in [0, 0.05) is 18.2 Å². The second-order valence-electron chi connectivity index (χ2n) is 13.5. The molecular formula is C50H46O6. The summed E-state index contributed by atoms with van der Waals surface area (Å²) in [5.74, 6) is 4.29. The van der Waals surface area contributed by atoms with Crippen molar-refractivity contribution in [3.63, 3.8) is 0 Å². The molecule has 0 radical (unpaired) electrons. The highest BCUT2D eigenvalue weighted by molar-refractivity contribution is 5.42. The highest BCUT2D eigenvalue weighted by Crippen LogP contribution is 2.30. The van der Waals surface area contributed by atoms with E-state index in [0.29, 0.717) is 74.1 Å². The van der Waals surface area contributed by atoms with Crippen molar-refractivity contribution in [3.05, 3.63) is 215 Å².